The van der Waals surface area contributed by atoms with Crippen LogP contribution in [0.2, 0.25) is 0 Å². The van der Waals surface area contributed by atoms with Crippen molar-refractivity contribution in [2.24, 2.45) is 5.73 Å². The van der Waals surface area contributed by atoms with E-state index < -0.39 is 0 Å². The molecule has 0 amide bonds. The Balaban J connectivity index is 2.63. The van der Waals surface area contributed by atoms with E-state index in [1.165, 1.54) is 11.1 Å². The highest BCUT2D eigenvalue weighted by Gasteiger charge is 1.99. The number of benzene rings is 1. The smallest absolute Gasteiger partial charge is 0.119 e. The fourth-order valence-electron chi connectivity index (χ4n) is 1.62. The monoisotopic (exact) mass is 233 g/mol. The SMILES string of the molecule is C/C(=C\CCCN)c1ccc(OC(C)C)cc1. The quantitative estimate of drug-likeness (QED) is 0.762. The Morgan fingerprint density at radius 2 is 1.94 bits per heavy atom. The molecule has 0 saturated heterocycles. The standard InChI is InChI=1S/C15H23NO/c1-12(2)17-15-9-7-14(8-10-15)13(3)6-4-5-11-16/h6-10,12H,4-5,11,16H2,1-3H3/b13-6+. The third kappa shape index (κ3) is 5.05. The van der Waals surface area contributed by atoms with Gasteiger partial charge in [-0.05, 0) is 63.4 Å². The molecule has 0 saturated carbocycles. The lowest BCUT2D eigenvalue weighted by Crippen LogP contribution is -2.05. The van der Waals surface area contributed by atoms with Crippen molar-refractivity contribution in [2.45, 2.75) is 39.7 Å². The lowest BCUT2D eigenvalue weighted by Gasteiger charge is -2.10. The van der Waals surface area contributed by atoms with Gasteiger partial charge in [0.2, 0.25) is 0 Å². The summed E-state index contributed by atoms with van der Waals surface area (Å²) in [5, 5.41) is 0. The summed E-state index contributed by atoms with van der Waals surface area (Å²) in [5.74, 6) is 0.929. The van der Waals surface area contributed by atoms with Gasteiger partial charge >= 0.3 is 0 Å². The van der Waals surface area contributed by atoms with Crippen LogP contribution in [0.15, 0.2) is 30.3 Å². The summed E-state index contributed by atoms with van der Waals surface area (Å²) in [6.45, 7) is 6.96. The van der Waals surface area contributed by atoms with Crippen molar-refractivity contribution in [2.75, 3.05) is 6.54 Å². The van der Waals surface area contributed by atoms with Crippen LogP contribution in [0.25, 0.3) is 5.57 Å². The van der Waals surface area contributed by atoms with Gasteiger partial charge in [-0.15, -0.1) is 0 Å². The van der Waals surface area contributed by atoms with Crippen LogP contribution >= 0.6 is 0 Å². The van der Waals surface area contributed by atoms with E-state index in [2.05, 4.69) is 25.1 Å². The van der Waals surface area contributed by atoms with E-state index in [9.17, 15) is 0 Å². The minimum Gasteiger partial charge on any atom is -0.491 e. The average Bonchev–Trinajstić information content (AvgIpc) is 2.29. The van der Waals surface area contributed by atoms with E-state index in [1.54, 1.807) is 0 Å². The summed E-state index contributed by atoms with van der Waals surface area (Å²) in [4.78, 5) is 0. The fraction of sp³-hybridized carbons (Fsp3) is 0.467. The van der Waals surface area contributed by atoms with E-state index in [0.29, 0.717) is 0 Å². The normalized spacial score (nSPS) is 11.9. The maximum Gasteiger partial charge on any atom is 0.119 e. The molecule has 94 valence electrons. The molecule has 0 spiro atoms. The third-order valence-electron chi connectivity index (χ3n) is 2.54. The summed E-state index contributed by atoms with van der Waals surface area (Å²) < 4.78 is 5.61. The molecule has 0 unspecified atom stereocenters. The maximum absolute atomic E-state index is 5.61. The van der Waals surface area contributed by atoms with Gasteiger partial charge in [-0.3, -0.25) is 0 Å². The molecule has 0 atom stereocenters. The minimum absolute atomic E-state index is 0.224. The number of hydrogen-bond donors (Lipinski definition) is 1. The van der Waals surface area contributed by atoms with Gasteiger partial charge in [0.15, 0.2) is 0 Å². The van der Waals surface area contributed by atoms with Crippen molar-refractivity contribution in [3.05, 3.63) is 35.9 Å². The Bertz CT molecular complexity index is 352. The van der Waals surface area contributed by atoms with E-state index in [4.69, 9.17) is 10.5 Å². The third-order valence-corrected chi connectivity index (χ3v) is 2.54. The van der Waals surface area contributed by atoms with Crippen molar-refractivity contribution >= 4 is 5.57 Å². The largest absolute Gasteiger partial charge is 0.491 e. The first-order valence-electron chi connectivity index (χ1n) is 6.27. The van der Waals surface area contributed by atoms with Gasteiger partial charge in [0, 0.05) is 0 Å². The average molecular weight is 233 g/mol. The molecular weight excluding hydrogens is 210 g/mol. The van der Waals surface area contributed by atoms with Crippen molar-refractivity contribution in [3.63, 3.8) is 0 Å². The minimum atomic E-state index is 0.224. The molecule has 0 radical (unpaired) electrons. The summed E-state index contributed by atoms with van der Waals surface area (Å²) >= 11 is 0. The van der Waals surface area contributed by atoms with Crippen molar-refractivity contribution in [1.29, 1.82) is 0 Å². The fourth-order valence-corrected chi connectivity index (χ4v) is 1.62. The number of rotatable bonds is 6. The molecule has 0 aromatic heterocycles. The van der Waals surface area contributed by atoms with E-state index in [-0.39, 0.29) is 6.10 Å². The lowest BCUT2D eigenvalue weighted by atomic mass is 10.1. The molecule has 2 heteroatoms. The highest BCUT2D eigenvalue weighted by atomic mass is 16.5. The zero-order chi connectivity index (χ0) is 12.7. The van der Waals surface area contributed by atoms with Crippen LogP contribution in [-0.4, -0.2) is 12.6 Å². The number of unbranched alkanes of at least 4 members (excludes halogenated alkanes) is 1. The Morgan fingerprint density at radius 1 is 1.29 bits per heavy atom. The molecule has 0 bridgehead atoms. The van der Waals surface area contributed by atoms with Crippen LogP contribution in [0.5, 0.6) is 5.75 Å². The Morgan fingerprint density at radius 3 is 2.47 bits per heavy atom. The molecular formula is C15H23NO. The van der Waals surface area contributed by atoms with Gasteiger partial charge in [0.05, 0.1) is 6.10 Å². The Kier molecular flexibility index (Phi) is 5.78. The van der Waals surface area contributed by atoms with Crippen molar-refractivity contribution < 1.29 is 4.74 Å². The van der Waals surface area contributed by atoms with Gasteiger partial charge in [0.25, 0.3) is 0 Å². The molecule has 17 heavy (non-hydrogen) atoms. The second-order valence-electron chi connectivity index (χ2n) is 4.51. The number of hydrogen-bond acceptors (Lipinski definition) is 2. The molecule has 1 aromatic carbocycles. The van der Waals surface area contributed by atoms with Crippen LogP contribution in [0.1, 0.15) is 39.2 Å². The summed E-state index contributed by atoms with van der Waals surface area (Å²) in [7, 11) is 0. The van der Waals surface area contributed by atoms with Crippen LogP contribution in [0.3, 0.4) is 0 Å². The van der Waals surface area contributed by atoms with Crippen LogP contribution in [0, 0.1) is 0 Å². The van der Waals surface area contributed by atoms with E-state index in [1.807, 2.05) is 26.0 Å². The highest BCUT2D eigenvalue weighted by molar-refractivity contribution is 5.64. The van der Waals surface area contributed by atoms with Crippen molar-refractivity contribution in [1.82, 2.24) is 0 Å². The van der Waals surface area contributed by atoms with E-state index >= 15 is 0 Å². The maximum atomic E-state index is 5.61. The molecule has 1 aromatic rings. The molecule has 2 nitrogen and oxygen atoms in total. The van der Waals surface area contributed by atoms with Gasteiger partial charge in [-0.2, -0.15) is 0 Å². The summed E-state index contributed by atoms with van der Waals surface area (Å²) in [6.07, 6.45) is 4.56. The summed E-state index contributed by atoms with van der Waals surface area (Å²) in [5.41, 5.74) is 8.02. The van der Waals surface area contributed by atoms with Gasteiger partial charge in [-0.1, -0.05) is 18.2 Å². The molecule has 2 N–H and O–H groups in total. The summed E-state index contributed by atoms with van der Waals surface area (Å²) in [6, 6.07) is 8.25. The predicted molar refractivity (Wildman–Crippen MR) is 74.1 cm³/mol. The number of allylic oxidation sites excluding steroid dienone is 2. The Labute approximate surface area is 104 Å². The Hall–Kier alpha value is -1.28. The first kappa shape index (κ1) is 13.8. The number of ether oxygens (including phenoxy) is 1. The van der Waals surface area contributed by atoms with Gasteiger partial charge in [0.1, 0.15) is 5.75 Å². The molecule has 1 rings (SSSR count). The zero-order valence-corrected chi connectivity index (χ0v) is 11.1. The lowest BCUT2D eigenvalue weighted by molar-refractivity contribution is 0.242. The first-order valence-corrected chi connectivity index (χ1v) is 6.27. The molecule has 0 aliphatic carbocycles. The van der Waals surface area contributed by atoms with Gasteiger partial charge < -0.3 is 10.5 Å². The van der Waals surface area contributed by atoms with E-state index in [0.717, 1.165) is 25.1 Å². The molecule has 0 aliphatic heterocycles. The second-order valence-corrected chi connectivity index (χ2v) is 4.51. The van der Waals surface area contributed by atoms with Gasteiger partial charge in [-0.25, -0.2) is 0 Å². The highest BCUT2D eigenvalue weighted by Crippen LogP contribution is 2.19. The van der Waals surface area contributed by atoms with Crippen LogP contribution in [-0.2, 0) is 0 Å². The molecule has 0 heterocycles. The molecule has 0 fully saturated rings. The number of nitrogens with two attached hydrogens (primary N) is 1. The first-order chi connectivity index (χ1) is 8.13. The van der Waals surface area contributed by atoms with Crippen molar-refractivity contribution in [3.8, 4) is 5.75 Å². The second kappa shape index (κ2) is 7.13. The molecule has 0 aliphatic rings. The topological polar surface area (TPSA) is 35.2 Å². The zero-order valence-electron chi connectivity index (χ0n) is 11.1. The van der Waals surface area contributed by atoms with Crippen LogP contribution in [0.4, 0.5) is 0 Å². The predicted octanol–water partition coefficient (Wildman–Crippen LogP) is 3.62. The van der Waals surface area contributed by atoms with Crippen LogP contribution < -0.4 is 10.5 Å².